The second-order valence-corrected chi connectivity index (χ2v) is 4.30. The lowest BCUT2D eigenvalue weighted by atomic mass is 10.2. The summed E-state index contributed by atoms with van der Waals surface area (Å²) in [5, 5.41) is 12.9. The Kier molecular flexibility index (Phi) is 6.97. The molecule has 0 saturated heterocycles. The van der Waals surface area contributed by atoms with Crippen molar-refractivity contribution in [2.45, 2.75) is 26.0 Å². The van der Waals surface area contributed by atoms with E-state index in [-0.39, 0.29) is 6.04 Å². The van der Waals surface area contributed by atoms with Gasteiger partial charge in [0.2, 0.25) is 0 Å². The summed E-state index contributed by atoms with van der Waals surface area (Å²) in [7, 11) is 1.62. The molecular formula is C13H23NO4. The molecule has 0 aliphatic rings. The van der Waals surface area contributed by atoms with Crippen molar-refractivity contribution in [1.82, 2.24) is 5.32 Å². The van der Waals surface area contributed by atoms with Gasteiger partial charge in [-0.15, -0.1) is 0 Å². The molecule has 5 nitrogen and oxygen atoms in total. The van der Waals surface area contributed by atoms with E-state index in [4.69, 9.17) is 13.9 Å². The Morgan fingerprint density at radius 1 is 1.39 bits per heavy atom. The highest BCUT2D eigenvalue weighted by Crippen LogP contribution is 2.15. The lowest BCUT2D eigenvalue weighted by Gasteiger charge is -2.15. The molecule has 0 aromatic carbocycles. The molecular weight excluding hydrogens is 234 g/mol. The van der Waals surface area contributed by atoms with Crippen LogP contribution in [0.4, 0.5) is 0 Å². The van der Waals surface area contributed by atoms with Crippen LogP contribution in [0, 0.1) is 6.92 Å². The predicted octanol–water partition coefficient (Wildman–Crippen LogP) is 1.26. The molecule has 0 saturated carbocycles. The zero-order chi connectivity index (χ0) is 13.4. The zero-order valence-corrected chi connectivity index (χ0v) is 11.3. The van der Waals surface area contributed by atoms with E-state index in [1.54, 1.807) is 7.11 Å². The highest BCUT2D eigenvalue weighted by Gasteiger charge is 2.11. The number of aliphatic hydroxyl groups excluding tert-OH is 1. The maximum atomic E-state index is 9.69. The largest absolute Gasteiger partial charge is 0.465 e. The van der Waals surface area contributed by atoms with E-state index in [1.165, 1.54) is 0 Å². The first kappa shape index (κ1) is 15.2. The third-order valence-corrected chi connectivity index (χ3v) is 2.59. The van der Waals surface area contributed by atoms with Crippen LogP contribution in [0.15, 0.2) is 16.5 Å². The molecule has 0 fully saturated rings. The van der Waals surface area contributed by atoms with Crippen molar-refractivity contribution in [3.8, 4) is 0 Å². The van der Waals surface area contributed by atoms with Gasteiger partial charge in [-0.25, -0.2) is 0 Å². The van der Waals surface area contributed by atoms with Crippen molar-refractivity contribution in [2.24, 2.45) is 0 Å². The van der Waals surface area contributed by atoms with Gasteiger partial charge in [-0.05, 0) is 26.0 Å². The van der Waals surface area contributed by atoms with Crippen molar-refractivity contribution >= 4 is 0 Å². The normalized spacial score (nSPS) is 14.7. The third kappa shape index (κ3) is 5.64. The van der Waals surface area contributed by atoms with E-state index in [1.807, 2.05) is 26.0 Å². The van der Waals surface area contributed by atoms with Crippen molar-refractivity contribution in [1.29, 1.82) is 0 Å². The van der Waals surface area contributed by atoms with Crippen LogP contribution < -0.4 is 5.32 Å². The highest BCUT2D eigenvalue weighted by atomic mass is 16.5. The Balaban J connectivity index is 2.15. The highest BCUT2D eigenvalue weighted by molar-refractivity contribution is 5.08. The molecule has 104 valence electrons. The second kappa shape index (κ2) is 8.26. The number of aryl methyl sites for hydroxylation is 1. The van der Waals surface area contributed by atoms with E-state index in [0.29, 0.717) is 26.4 Å². The monoisotopic (exact) mass is 257 g/mol. The summed E-state index contributed by atoms with van der Waals surface area (Å²) in [4.78, 5) is 0. The van der Waals surface area contributed by atoms with Crippen LogP contribution in [0.3, 0.4) is 0 Å². The van der Waals surface area contributed by atoms with Crippen LogP contribution in [-0.2, 0) is 9.47 Å². The zero-order valence-electron chi connectivity index (χ0n) is 11.3. The summed E-state index contributed by atoms with van der Waals surface area (Å²) >= 11 is 0. The van der Waals surface area contributed by atoms with Crippen molar-refractivity contribution in [2.75, 3.05) is 33.5 Å². The van der Waals surface area contributed by atoms with E-state index >= 15 is 0 Å². The molecule has 0 aliphatic carbocycles. The Morgan fingerprint density at radius 3 is 2.78 bits per heavy atom. The minimum Gasteiger partial charge on any atom is -0.465 e. The standard InChI is InChI=1S/C13H23NO4/c1-10-4-5-13(18-10)11(2)14-8-12(15)9-17-7-6-16-3/h4-5,11-12,14-15H,6-9H2,1-3H3. The first-order valence-corrected chi connectivity index (χ1v) is 6.18. The fourth-order valence-electron chi connectivity index (χ4n) is 1.52. The summed E-state index contributed by atoms with van der Waals surface area (Å²) in [6.07, 6.45) is -0.527. The van der Waals surface area contributed by atoms with Gasteiger partial charge >= 0.3 is 0 Å². The van der Waals surface area contributed by atoms with E-state index in [2.05, 4.69) is 5.32 Å². The lowest BCUT2D eigenvalue weighted by Crippen LogP contribution is -2.32. The molecule has 1 rings (SSSR count). The fraction of sp³-hybridized carbons (Fsp3) is 0.692. The molecule has 1 aromatic heterocycles. The average molecular weight is 257 g/mol. The molecule has 1 aromatic rings. The lowest BCUT2D eigenvalue weighted by molar-refractivity contribution is 0.0128. The van der Waals surface area contributed by atoms with Gasteiger partial charge in [-0.1, -0.05) is 0 Å². The minimum absolute atomic E-state index is 0.0762. The number of aliphatic hydroxyl groups is 1. The van der Waals surface area contributed by atoms with Crippen molar-refractivity contribution in [3.05, 3.63) is 23.7 Å². The topological polar surface area (TPSA) is 63.9 Å². The summed E-state index contributed by atoms with van der Waals surface area (Å²) in [6, 6.07) is 3.94. The summed E-state index contributed by atoms with van der Waals surface area (Å²) in [5.74, 6) is 1.77. The molecule has 2 unspecified atom stereocenters. The van der Waals surface area contributed by atoms with Crippen LogP contribution in [0.25, 0.3) is 0 Å². The van der Waals surface area contributed by atoms with Gasteiger partial charge in [-0.3, -0.25) is 0 Å². The Bertz CT molecular complexity index is 327. The molecule has 0 bridgehead atoms. The molecule has 5 heteroatoms. The van der Waals surface area contributed by atoms with E-state index in [9.17, 15) is 5.11 Å². The SMILES string of the molecule is COCCOCC(O)CNC(C)c1ccc(C)o1. The second-order valence-electron chi connectivity index (χ2n) is 4.30. The molecule has 18 heavy (non-hydrogen) atoms. The first-order valence-electron chi connectivity index (χ1n) is 6.18. The summed E-state index contributed by atoms with van der Waals surface area (Å²) in [6.45, 7) is 5.72. The number of rotatable bonds is 9. The van der Waals surface area contributed by atoms with Gasteiger partial charge in [0.05, 0.1) is 32.0 Å². The van der Waals surface area contributed by atoms with Crippen LogP contribution in [0.5, 0.6) is 0 Å². The number of furan rings is 1. The molecule has 1 heterocycles. The average Bonchev–Trinajstić information content (AvgIpc) is 2.78. The minimum atomic E-state index is -0.527. The van der Waals surface area contributed by atoms with Gasteiger partial charge in [0, 0.05) is 13.7 Å². The maximum absolute atomic E-state index is 9.69. The number of ether oxygens (including phenoxy) is 2. The van der Waals surface area contributed by atoms with Gasteiger partial charge in [0.1, 0.15) is 11.5 Å². The van der Waals surface area contributed by atoms with Crippen LogP contribution in [-0.4, -0.2) is 44.7 Å². The summed E-state index contributed by atoms with van der Waals surface area (Å²) < 4.78 is 15.6. The van der Waals surface area contributed by atoms with Gasteiger partial charge in [0.25, 0.3) is 0 Å². The predicted molar refractivity (Wildman–Crippen MR) is 68.6 cm³/mol. The van der Waals surface area contributed by atoms with Gasteiger partial charge < -0.3 is 24.3 Å². The van der Waals surface area contributed by atoms with Crippen molar-refractivity contribution in [3.63, 3.8) is 0 Å². The van der Waals surface area contributed by atoms with Gasteiger partial charge in [0.15, 0.2) is 0 Å². The maximum Gasteiger partial charge on any atom is 0.120 e. The first-order chi connectivity index (χ1) is 8.63. The van der Waals surface area contributed by atoms with Gasteiger partial charge in [-0.2, -0.15) is 0 Å². The quantitative estimate of drug-likeness (QED) is 0.652. The Labute approximate surface area is 108 Å². The number of nitrogens with one attached hydrogen (secondary N) is 1. The van der Waals surface area contributed by atoms with E-state index in [0.717, 1.165) is 11.5 Å². The molecule has 0 radical (unpaired) electrons. The molecule has 0 amide bonds. The molecule has 0 aliphatic heterocycles. The Morgan fingerprint density at radius 2 is 2.17 bits per heavy atom. The number of methoxy groups -OCH3 is 1. The smallest absolute Gasteiger partial charge is 0.120 e. The molecule has 0 spiro atoms. The van der Waals surface area contributed by atoms with Crippen LogP contribution in [0.2, 0.25) is 0 Å². The van der Waals surface area contributed by atoms with Crippen molar-refractivity contribution < 1.29 is 19.0 Å². The third-order valence-electron chi connectivity index (χ3n) is 2.59. The number of hydrogen-bond acceptors (Lipinski definition) is 5. The molecule has 2 N–H and O–H groups in total. The number of hydrogen-bond donors (Lipinski definition) is 2. The summed E-state index contributed by atoms with van der Waals surface area (Å²) in [5.41, 5.74) is 0. The van der Waals surface area contributed by atoms with Crippen LogP contribution in [0.1, 0.15) is 24.5 Å². The van der Waals surface area contributed by atoms with Crippen LogP contribution >= 0.6 is 0 Å². The fourth-order valence-corrected chi connectivity index (χ4v) is 1.52. The Hall–Kier alpha value is -0.880. The van der Waals surface area contributed by atoms with E-state index < -0.39 is 6.10 Å². The molecule has 2 atom stereocenters.